The van der Waals surface area contributed by atoms with Gasteiger partial charge in [-0.1, -0.05) is 27.7 Å². The molecule has 0 saturated carbocycles. The zero-order valence-electron chi connectivity index (χ0n) is 21.3. The molecule has 11 heteroatoms. The molecule has 0 radical (unpaired) electrons. The van der Waals surface area contributed by atoms with E-state index in [1.54, 1.807) is 17.0 Å². The van der Waals surface area contributed by atoms with Crippen LogP contribution in [-0.2, 0) is 26.2 Å². The van der Waals surface area contributed by atoms with Gasteiger partial charge in [0.2, 0.25) is 21.8 Å². The van der Waals surface area contributed by atoms with Gasteiger partial charge in [-0.25, -0.2) is 13.4 Å². The van der Waals surface area contributed by atoms with Gasteiger partial charge in [0, 0.05) is 23.9 Å². The van der Waals surface area contributed by atoms with Crippen molar-refractivity contribution in [3.8, 4) is 0 Å². The summed E-state index contributed by atoms with van der Waals surface area (Å²) < 4.78 is 34.4. The van der Waals surface area contributed by atoms with E-state index < -0.39 is 27.9 Å². The van der Waals surface area contributed by atoms with Crippen molar-refractivity contribution in [1.29, 1.82) is 0 Å². The Morgan fingerprint density at radius 1 is 1.11 bits per heavy atom. The lowest BCUT2D eigenvalue weighted by atomic mass is 10.1. The molecule has 3 aromatic rings. The van der Waals surface area contributed by atoms with Gasteiger partial charge in [-0.15, -0.1) is 11.3 Å². The van der Waals surface area contributed by atoms with Crippen LogP contribution in [0.5, 0.6) is 0 Å². The SMILES string of the molecule is Cc1nc(CNC(=O)C[C@H](NS(=O)(=O)c2ccc3occc3c2)C(=O)N(CC(C)C)CC(C)C)cs1. The third-order valence-corrected chi connectivity index (χ3v) is 7.63. The van der Waals surface area contributed by atoms with Gasteiger partial charge < -0.3 is 14.6 Å². The molecular weight excluding hydrogens is 500 g/mol. The van der Waals surface area contributed by atoms with Crippen molar-refractivity contribution in [3.05, 3.63) is 46.6 Å². The largest absolute Gasteiger partial charge is 0.464 e. The summed E-state index contributed by atoms with van der Waals surface area (Å²) >= 11 is 1.48. The molecule has 9 nitrogen and oxygen atoms in total. The minimum atomic E-state index is -4.10. The Kier molecular flexibility index (Phi) is 9.26. The number of rotatable bonds is 12. The number of fused-ring (bicyclic) bond motifs is 1. The smallest absolute Gasteiger partial charge is 0.241 e. The predicted molar refractivity (Wildman–Crippen MR) is 140 cm³/mol. The first-order chi connectivity index (χ1) is 16.9. The van der Waals surface area contributed by atoms with Crippen molar-refractivity contribution in [1.82, 2.24) is 19.9 Å². The van der Waals surface area contributed by atoms with Gasteiger partial charge in [-0.2, -0.15) is 4.72 Å². The molecule has 0 aliphatic rings. The van der Waals surface area contributed by atoms with Crippen LogP contribution in [0.2, 0.25) is 0 Å². The van der Waals surface area contributed by atoms with E-state index in [0.717, 1.165) is 5.01 Å². The number of thiazole rings is 1. The van der Waals surface area contributed by atoms with Crippen molar-refractivity contribution in [2.24, 2.45) is 11.8 Å². The van der Waals surface area contributed by atoms with E-state index in [0.29, 0.717) is 29.8 Å². The van der Waals surface area contributed by atoms with Gasteiger partial charge in [0.15, 0.2) is 0 Å². The molecule has 196 valence electrons. The fourth-order valence-electron chi connectivity index (χ4n) is 3.84. The van der Waals surface area contributed by atoms with E-state index in [1.807, 2.05) is 40.0 Å². The summed E-state index contributed by atoms with van der Waals surface area (Å²) in [5, 5.41) is 6.10. The highest BCUT2D eigenvalue weighted by Gasteiger charge is 2.32. The van der Waals surface area contributed by atoms with Crippen LogP contribution in [0.25, 0.3) is 11.0 Å². The molecule has 3 rings (SSSR count). The summed E-state index contributed by atoms with van der Waals surface area (Å²) in [6.07, 6.45) is 1.15. The number of aryl methyl sites for hydroxylation is 1. The maximum Gasteiger partial charge on any atom is 0.241 e. The summed E-state index contributed by atoms with van der Waals surface area (Å²) in [4.78, 5) is 32.4. The molecule has 1 atom stereocenters. The van der Waals surface area contributed by atoms with E-state index in [2.05, 4.69) is 15.0 Å². The molecule has 2 N–H and O–H groups in total. The molecule has 2 aromatic heterocycles. The maximum atomic E-state index is 13.6. The van der Waals surface area contributed by atoms with E-state index in [-0.39, 0.29) is 29.7 Å². The van der Waals surface area contributed by atoms with Crippen molar-refractivity contribution >= 4 is 44.1 Å². The molecular formula is C25H34N4O5S2. The molecule has 0 aliphatic carbocycles. The summed E-state index contributed by atoms with van der Waals surface area (Å²) in [5.41, 5.74) is 1.27. The number of nitrogens with one attached hydrogen (secondary N) is 2. The first-order valence-electron chi connectivity index (χ1n) is 11.9. The molecule has 2 amide bonds. The van der Waals surface area contributed by atoms with E-state index in [4.69, 9.17) is 4.42 Å². The topological polar surface area (TPSA) is 122 Å². The van der Waals surface area contributed by atoms with Crippen LogP contribution >= 0.6 is 11.3 Å². The summed E-state index contributed by atoms with van der Waals surface area (Å²) in [7, 11) is -4.10. The van der Waals surface area contributed by atoms with Crippen molar-refractivity contribution in [2.45, 2.75) is 58.5 Å². The lowest BCUT2D eigenvalue weighted by Gasteiger charge is -2.30. The second kappa shape index (κ2) is 12.0. The zero-order chi connectivity index (χ0) is 26.5. The van der Waals surface area contributed by atoms with E-state index in [1.165, 1.54) is 29.7 Å². The third-order valence-electron chi connectivity index (χ3n) is 5.34. The van der Waals surface area contributed by atoms with Crippen LogP contribution in [0.3, 0.4) is 0 Å². The van der Waals surface area contributed by atoms with Gasteiger partial charge in [-0.05, 0) is 43.0 Å². The highest BCUT2D eigenvalue weighted by Crippen LogP contribution is 2.21. The first kappa shape index (κ1) is 27.8. The van der Waals surface area contributed by atoms with Crippen LogP contribution < -0.4 is 10.0 Å². The number of furan rings is 1. The number of aromatic nitrogens is 1. The number of carbonyl (C=O) groups excluding carboxylic acids is 2. The predicted octanol–water partition coefficient (Wildman–Crippen LogP) is 3.69. The lowest BCUT2D eigenvalue weighted by molar-refractivity contribution is -0.136. The zero-order valence-corrected chi connectivity index (χ0v) is 22.9. The number of benzene rings is 1. The maximum absolute atomic E-state index is 13.6. The van der Waals surface area contributed by atoms with Crippen LogP contribution in [0.1, 0.15) is 44.8 Å². The molecule has 0 unspecified atom stereocenters. The number of carbonyl (C=O) groups is 2. The molecule has 0 saturated heterocycles. The standard InChI is InChI=1S/C25H34N4O5S2/c1-16(2)13-29(14-17(3)4)25(31)22(11-24(30)26-12-20-15-35-18(5)27-20)28-36(32,33)21-6-7-23-19(10-21)8-9-34-23/h6-10,15-17,22,28H,11-14H2,1-5H3,(H,26,30)/t22-/m0/s1. The average molecular weight is 535 g/mol. The molecule has 1 aromatic carbocycles. The first-order valence-corrected chi connectivity index (χ1v) is 14.3. The summed E-state index contributed by atoms with van der Waals surface area (Å²) in [6, 6.07) is 4.86. The number of hydrogen-bond acceptors (Lipinski definition) is 7. The Morgan fingerprint density at radius 2 is 1.81 bits per heavy atom. The average Bonchev–Trinajstić information content (AvgIpc) is 3.43. The molecule has 0 fully saturated rings. The number of hydrogen-bond donors (Lipinski definition) is 2. The van der Waals surface area contributed by atoms with Gasteiger partial charge >= 0.3 is 0 Å². The Labute approximate surface area is 216 Å². The van der Waals surface area contributed by atoms with Crippen molar-refractivity contribution in [2.75, 3.05) is 13.1 Å². The monoisotopic (exact) mass is 534 g/mol. The third kappa shape index (κ3) is 7.62. The van der Waals surface area contributed by atoms with Crippen LogP contribution in [0.4, 0.5) is 0 Å². The quantitative estimate of drug-likeness (QED) is 0.366. The Balaban J connectivity index is 1.84. The highest BCUT2D eigenvalue weighted by atomic mass is 32.2. The molecule has 0 spiro atoms. The fraction of sp³-hybridized carbons (Fsp3) is 0.480. The fourth-order valence-corrected chi connectivity index (χ4v) is 5.68. The number of nitrogens with zero attached hydrogens (tertiary/aromatic N) is 2. The van der Waals surface area contributed by atoms with Crippen LogP contribution in [0, 0.1) is 18.8 Å². The number of sulfonamides is 1. The Morgan fingerprint density at radius 3 is 2.42 bits per heavy atom. The van der Waals surface area contributed by atoms with E-state index in [9.17, 15) is 18.0 Å². The lowest BCUT2D eigenvalue weighted by Crippen LogP contribution is -2.52. The van der Waals surface area contributed by atoms with E-state index >= 15 is 0 Å². The molecule has 0 bridgehead atoms. The molecule has 2 heterocycles. The van der Waals surface area contributed by atoms with Gasteiger partial charge in [0.05, 0.1) is 34.8 Å². The van der Waals surface area contributed by atoms with Crippen molar-refractivity contribution in [3.63, 3.8) is 0 Å². The summed E-state index contributed by atoms with van der Waals surface area (Å²) in [5.74, 6) is -0.517. The normalized spacial score (nSPS) is 12.9. The summed E-state index contributed by atoms with van der Waals surface area (Å²) in [6.45, 7) is 10.9. The Hall–Kier alpha value is -2.76. The second-order valence-electron chi connectivity index (χ2n) is 9.66. The van der Waals surface area contributed by atoms with Crippen LogP contribution in [0.15, 0.2) is 45.2 Å². The highest BCUT2D eigenvalue weighted by molar-refractivity contribution is 7.89. The second-order valence-corrected chi connectivity index (χ2v) is 12.4. The molecule has 36 heavy (non-hydrogen) atoms. The Bertz CT molecular complexity index is 1290. The molecule has 0 aliphatic heterocycles. The minimum Gasteiger partial charge on any atom is -0.464 e. The van der Waals surface area contributed by atoms with Gasteiger partial charge in [0.1, 0.15) is 11.6 Å². The van der Waals surface area contributed by atoms with Crippen LogP contribution in [-0.4, -0.2) is 49.2 Å². The van der Waals surface area contributed by atoms with Gasteiger partial charge in [-0.3, -0.25) is 9.59 Å². The van der Waals surface area contributed by atoms with Gasteiger partial charge in [0.25, 0.3) is 0 Å². The van der Waals surface area contributed by atoms with Crippen molar-refractivity contribution < 1.29 is 22.4 Å². The minimum absolute atomic E-state index is 0.00757. The number of amides is 2.